The summed E-state index contributed by atoms with van der Waals surface area (Å²) in [4.78, 5) is 47.5. The lowest BCUT2D eigenvalue weighted by Gasteiger charge is -2.38. The van der Waals surface area contributed by atoms with E-state index in [0.717, 1.165) is 5.56 Å². The third-order valence-electron chi connectivity index (χ3n) is 6.54. The van der Waals surface area contributed by atoms with Gasteiger partial charge < -0.3 is 10.2 Å². The standard InChI is InChI=1S/C26H21ClN10O3/c27-18-6-8-20(37-16-29-32-33-37)21(11-18)34-13-25(39)35(14-24(34)38)22(10-17-4-2-1-3-5-17)26(40)31-19-7-9-23-28-15-30-36(23)12-19/h1-9,11-12,15-16,22H,10,13-14H2,(H,31,40). The lowest BCUT2D eigenvalue weighted by Crippen LogP contribution is -2.60. The number of carbonyl (C=O) groups is 3. The zero-order chi connectivity index (χ0) is 27.6. The minimum absolute atomic E-state index is 0.213. The number of hydrogen-bond donors (Lipinski definition) is 1. The fourth-order valence-electron chi connectivity index (χ4n) is 4.61. The van der Waals surface area contributed by atoms with Gasteiger partial charge in [-0.1, -0.05) is 41.9 Å². The molecule has 5 aromatic rings. The van der Waals surface area contributed by atoms with Crippen molar-refractivity contribution in [3.8, 4) is 5.69 Å². The largest absolute Gasteiger partial charge is 0.323 e. The minimum atomic E-state index is -0.953. The van der Waals surface area contributed by atoms with E-state index < -0.39 is 17.9 Å². The maximum absolute atomic E-state index is 13.6. The molecule has 1 saturated heterocycles. The van der Waals surface area contributed by atoms with Gasteiger partial charge in [0.25, 0.3) is 0 Å². The Morgan fingerprint density at radius 3 is 2.65 bits per heavy atom. The van der Waals surface area contributed by atoms with Gasteiger partial charge >= 0.3 is 0 Å². The van der Waals surface area contributed by atoms with Gasteiger partial charge in [0, 0.05) is 11.4 Å². The molecule has 200 valence electrons. The summed E-state index contributed by atoms with van der Waals surface area (Å²) in [5.41, 5.74) is 2.79. The topological polar surface area (TPSA) is 144 Å². The van der Waals surface area contributed by atoms with Crippen LogP contribution in [-0.4, -0.2) is 76.6 Å². The summed E-state index contributed by atoms with van der Waals surface area (Å²) in [6.07, 6.45) is 4.63. The van der Waals surface area contributed by atoms with Crippen LogP contribution in [-0.2, 0) is 20.8 Å². The van der Waals surface area contributed by atoms with Crippen LogP contribution in [0.5, 0.6) is 0 Å². The zero-order valence-corrected chi connectivity index (χ0v) is 21.6. The maximum Gasteiger partial charge on any atom is 0.247 e. The predicted molar refractivity (Wildman–Crippen MR) is 144 cm³/mol. The van der Waals surface area contributed by atoms with Gasteiger partial charge in [0.05, 0.1) is 23.3 Å². The Kier molecular flexibility index (Phi) is 6.62. The van der Waals surface area contributed by atoms with Crippen LogP contribution >= 0.6 is 11.6 Å². The van der Waals surface area contributed by atoms with E-state index in [9.17, 15) is 14.4 Å². The molecular formula is C26H21ClN10O3. The fourth-order valence-corrected chi connectivity index (χ4v) is 4.78. The van der Waals surface area contributed by atoms with E-state index in [4.69, 9.17) is 11.6 Å². The van der Waals surface area contributed by atoms with Crippen LogP contribution < -0.4 is 10.2 Å². The molecule has 1 unspecified atom stereocenters. The third-order valence-corrected chi connectivity index (χ3v) is 6.77. The summed E-state index contributed by atoms with van der Waals surface area (Å²) in [6.45, 7) is -0.606. The van der Waals surface area contributed by atoms with E-state index in [2.05, 4.69) is 30.9 Å². The first-order valence-corrected chi connectivity index (χ1v) is 12.6. The van der Waals surface area contributed by atoms with Crippen molar-refractivity contribution in [2.24, 2.45) is 0 Å². The number of carbonyl (C=O) groups excluding carboxylic acids is 3. The number of anilines is 2. The molecule has 13 nitrogen and oxygen atoms in total. The highest BCUT2D eigenvalue weighted by atomic mass is 35.5. The molecule has 1 fully saturated rings. The number of fused-ring (bicyclic) bond motifs is 1. The molecule has 3 amide bonds. The van der Waals surface area contributed by atoms with E-state index in [1.54, 1.807) is 36.5 Å². The zero-order valence-electron chi connectivity index (χ0n) is 20.8. The normalized spacial score (nSPS) is 14.5. The Balaban J connectivity index is 1.29. The number of nitrogens with zero attached hydrogens (tertiary/aromatic N) is 9. The summed E-state index contributed by atoms with van der Waals surface area (Å²) in [5.74, 6) is -1.22. The molecule has 0 saturated carbocycles. The smallest absolute Gasteiger partial charge is 0.247 e. The molecule has 1 atom stereocenters. The van der Waals surface area contributed by atoms with Gasteiger partial charge in [-0.2, -0.15) is 9.78 Å². The van der Waals surface area contributed by atoms with Crippen LogP contribution in [0.1, 0.15) is 5.56 Å². The lowest BCUT2D eigenvalue weighted by molar-refractivity contribution is -0.143. The summed E-state index contributed by atoms with van der Waals surface area (Å²) in [5, 5.41) is 18.5. The number of nitrogens with one attached hydrogen (secondary N) is 1. The highest BCUT2D eigenvalue weighted by molar-refractivity contribution is 6.31. The molecule has 2 aromatic carbocycles. The second-order valence-electron chi connectivity index (χ2n) is 9.06. The van der Waals surface area contributed by atoms with Crippen molar-refractivity contribution in [2.75, 3.05) is 23.3 Å². The molecule has 1 N–H and O–H groups in total. The van der Waals surface area contributed by atoms with Crippen molar-refractivity contribution >= 4 is 46.3 Å². The average Bonchev–Trinajstić information content (AvgIpc) is 3.66. The number of aromatic nitrogens is 7. The number of tetrazole rings is 1. The van der Waals surface area contributed by atoms with Crippen molar-refractivity contribution in [2.45, 2.75) is 12.5 Å². The van der Waals surface area contributed by atoms with Gasteiger partial charge in [0.2, 0.25) is 17.7 Å². The molecule has 0 spiro atoms. The van der Waals surface area contributed by atoms with Crippen LogP contribution in [0.4, 0.5) is 11.4 Å². The van der Waals surface area contributed by atoms with Crippen LogP contribution in [0.15, 0.2) is 79.5 Å². The second kappa shape index (κ2) is 10.5. The van der Waals surface area contributed by atoms with Gasteiger partial charge in [-0.25, -0.2) is 9.50 Å². The van der Waals surface area contributed by atoms with E-state index in [0.29, 0.717) is 27.7 Å². The number of amides is 3. The maximum atomic E-state index is 13.6. The Labute approximate surface area is 232 Å². The van der Waals surface area contributed by atoms with Crippen LogP contribution in [0.25, 0.3) is 11.3 Å². The molecule has 6 rings (SSSR count). The molecule has 3 aromatic heterocycles. The highest BCUT2D eigenvalue weighted by Crippen LogP contribution is 2.30. The molecular weight excluding hydrogens is 536 g/mol. The van der Waals surface area contributed by atoms with E-state index in [1.165, 1.54) is 31.7 Å². The van der Waals surface area contributed by atoms with Crippen molar-refractivity contribution in [1.29, 1.82) is 0 Å². The van der Waals surface area contributed by atoms with E-state index in [1.807, 2.05) is 30.3 Å². The van der Waals surface area contributed by atoms with E-state index in [-0.39, 0.29) is 25.4 Å². The van der Waals surface area contributed by atoms with Crippen molar-refractivity contribution in [1.82, 2.24) is 39.7 Å². The SMILES string of the molecule is O=C(Nc1ccc2ncnn2c1)C(Cc1ccccc1)N1CC(=O)N(c2cc(Cl)ccc2-n2cnnn2)CC1=O. The molecule has 4 heterocycles. The van der Waals surface area contributed by atoms with Crippen LogP contribution in [0, 0.1) is 0 Å². The molecule has 0 aliphatic carbocycles. The lowest BCUT2D eigenvalue weighted by atomic mass is 10.0. The Bertz CT molecular complexity index is 1710. The number of pyridine rings is 1. The fraction of sp³-hybridized carbons (Fsp3) is 0.154. The van der Waals surface area contributed by atoms with Gasteiger partial charge in [-0.3, -0.25) is 19.3 Å². The van der Waals surface area contributed by atoms with Gasteiger partial charge in [0.15, 0.2) is 5.65 Å². The number of hydrogen-bond acceptors (Lipinski definition) is 8. The molecule has 0 bridgehead atoms. The van der Waals surface area contributed by atoms with Crippen molar-refractivity contribution < 1.29 is 14.4 Å². The summed E-state index contributed by atoms with van der Waals surface area (Å²) in [6, 6.07) is 16.7. The first-order valence-electron chi connectivity index (χ1n) is 12.2. The molecule has 40 heavy (non-hydrogen) atoms. The number of rotatable bonds is 7. The Morgan fingerprint density at radius 1 is 1.00 bits per heavy atom. The van der Waals surface area contributed by atoms with Crippen LogP contribution in [0.2, 0.25) is 5.02 Å². The van der Waals surface area contributed by atoms with Crippen molar-refractivity contribution in [3.05, 3.63) is 90.1 Å². The molecule has 1 aliphatic rings. The summed E-state index contributed by atoms with van der Waals surface area (Å²) in [7, 11) is 0. The third kappa shape index (κ3) is 4.97. The van der Waals surface area contributed by atoms with Crippen LogP contribution in [0.3, 0.4) is 0 Å². The first kappa shape index (κ1) is 25.1. The number of halogens is 1. The van der Waals surface area contributed by atoms with Gasteiger partial charge in [-0.05, 0) is 46.3 Å². The predicted octanol–water partition coefficient (Wildman–Crippen LogP) is 1.78. The second-order valence-corrected chi connectivity index (χ2v) is 9.50. The molecule has 14 heteroatoms. The minimum Gasteiger partial charge on any atom is -0.323 e. The quantitative estimate of drug-likeness (QED) is 0.319. The number of piperazine rings is 1. The van der Waals surface area contributed by atoms with Gasteiger partial charge in [-0.15, -0.1) is 5.10 Å². The summed E-state index contributed by atoms with van der Waals surface area (Å²) >= 11 is 6.24. The summed E-state index contributed by atoms with van der Waals surface area (Å²) < 4.78 is 2.91. The van der Waals surface area contributed by atoms with Gasteiger partial charge in [0.1, 0.15) is 31.8 Å². The first-order chi connectivity index (χ1) is 19.5. The molecule has 1 aliphatic heterocycles. The highest BCUT2D eigenvalue weighted by Gasteiger charge is 2.39. The monoisotopic (exact) mass is 556 g/mol. The van der Waals surface area contributed by atoms with E-state index >= 15 is 0 Å². The van der Waals surface area contributed by atoms with Crippen molar-refractivity contribution in [3.63, 3.8) is 0 Å². The average molecular weight is 557 g/mol. The Morgan fingerprint density at radius 2 is 1.85 bits per heavy atom. The molecule has 0 radical (unpaired) electrons. The number of benzene rings is 2. The Hall–Kier alpha value is -5.17.